The van der Waals surface area contributed by atoms with Gasteiger partial charge in [-0.1, -0.05) is 36.8 Å². The number of aromatic amines is 1. The maximum absolute atomic E-state index is 12.2. The Labute approximate surface area is 111 Å². The maximum Gasteiger partial charge on any atom is 0.295 e. The molecule has 0 spiro atoms. The number of rotatable bonds is 5. The van der Waals surface area contributed by atoms with Crippen LogP contribution in [0.4, 0.5) is 0 Å². The standard InChI is InChI=1S/C13H17N5O/c1-3-8-18(13(19)12-14-16-17-15-12)9-11-6-4-10(2)5-7-11/h4-7H,3,8-9H2,1-2H3,(H,14,15,16,17). The monoisotopic (exact) mass is 259 g/mol. The molecule has 1 aromatic carbocycles. The van der Waals surface area contributed by atoms with Crippen molar-refractivity contribution in [1.29, 1.82) is 0 Å². The van der Waals surface area contributed by atoms with Gasteiger partial charge in [-0.2, -0.15) is 5.21 Å². The molecule has 2 aromatic rings. The molecule has 19 heavy (non-hydrogen) atoms. The molecule has 6 heteroatoms. The van der Waals surface area contributed by atoms with E-state index < -0.39 is 0 Å². The predicted octanol–water partition coefficient (Wildman–Crippen LogP) is 1.56. The molecule has 0 bridgehead atoms. The van der Waals surface area contributed by atoms with Crippen LogP contribution in [0.1, 0.15) is 35.1 Å². The largest absolute Gasteiger partial charge is 0.331 e. The molecule has 2 rings (SSSR count). The van der Waals surface area contributed by atoms with E-state index in [0.717, 1.165) is 12.0 Å². The molecule has 100 valence electrons. The van der Waals surface area contributed by atoms with E-state index in [1.165, 1.54) is 5.56 Å². The molecule has 0 unspecified atom stereocenters. The van der Waals surface area contributed by atoms with E-state index in [-0.39, 0.29) is 11.7 Å². The Morgan fingerprint density at radius 2 is 2.05 bits per heavy atom. The van der Waals surface area contributed by atoms with Crippen LogP contribution in [0.3, 0.4) is 0 Å². The van der Waals surface area contributed by atoms with E-state index in [2.05, 4.69) is 20.6 Å². The van der Waals surface area contributed by atoms with Crippen LogP contribution in [-0.2, 0) is 6.54 Å². The molecule has 0 saturated heterocycles. The molecule has 0 aliphatic rings. The first kappa shape index (κ1) is 13.2. The smallest absolute Gasteiger partial charge is 0.295 e. The molecule has 0 atom stereocenters. The fourth-order valence-corrected chi connectivity index (χ4v) is 1.83. The Morgan fingerprint density at radius 1 is 1.32 bits per heavy atom. The second-order valence-corrected chi connectivity index (χ2v) is 4.45. The first-order valence-corrected chi connectivity index (χ1v) is 6.29. The molecule has 0 radical (unpaired) electrons. The predicted molar refractivity (Wildman–Crippen MR) is 70.4 cm³/mol. The van der Waals surface area contributed by atoms with Crippen molar-refractivity contribution in [2.45, 2.75) is 26.8 Å². The Balaban J connectivity index is 2.11. The highest BCUT2D eigenvalue weighted by atomic mass is 16.2. The summed E-state index contributed by atoms with van der Waals surface area (Å²) in [4.78, 5) is 13.9. The highest BCUT2D eigenvalue weighted by Crippen LogP contribution is 2.09. The quantitative estimate of drug-likeness (QED) is 0.884. The highest BCUT2D eigenvalue weighted by molar-refractivity contribution is 5.90. The van der Waals surface area contributed by atoms with Gasteiger partial charge >= 0.3 is 0 Å². The first-order valence-electron chi connectivity index (χ1n) is 6.29. The van der Waals surface area contributed by atoms with Crippen molar-refractivity contribution in [3.63, 3.8) is 0 Å². The fraction of sp³-hybridized carbons (Fsp3) is 0.385. The van der Waals surface area contributed by atoms with Gasteiger partial charge in [-0.15, -0.1) is 10.2 Å². The number of tetrazole rings is 1. The molecular formula is C13H17N5O. The normalized spacial score (nSPS) is 10.4. The van der Waals surface area contributed by atoms with Gasteiger partial charge in [0.15, 0.2) is 0 Å². The van der Waals surface area contributed by atoms with Gasteiger partial charge in [0.25, 0.3) is 11.7 Å². The summed E-state index contributed by atoms with van der Waals surface area (Å²) < 4.78 is 0. The van der Waals surface area contributed by atoms with E-state index in [1.54, 1.807) is 4.90 Å². The lowest BCUT2D eigenvalue weighted by Gasteiger charge is -2.20. The fourth-order valence-electron chi connectivity index (χ4n) is 1.83. The van der Waals surface area contributed by atoms with Crippen molar-refractivity contribution in [3.8, 4) is 0 Å². The van der Waals surface area contributed by atoms with Gasteiger partial charge in [-0.3, -0.25) is 4.79 Å². The molecular weight excluding hydrogens is 242 g/mol. The van der Waals surface area contributed by atoms with Crippen molar-refractivity contribution in [3.05, 3.63) is 41.2 Å². The Kier molecular flexibility index (Phi) is 4.22. The number of carbonyl (C=O) groups excluding carboxylic acids is 1. The Morgan fingerprint density at radius 3 is 2.63 bits per heavy atom. The van der Waals surface area contributed by atoms with Crippen LogP contribution in [0.5, 0.6) is 0 Å². The lowest BCUT2D eigenvalue weighted by Crippen LogP contribution is -2.32. The summed E-state index contributed by atoms with van der Waals surface area (Å²) in [5.74, 6) is -0.0864. The topological polar surface area (TPSA) is 74.8 Å². The lowest BCUT2D eigenvalue weighted by molar-refractivity contribution is 0.0731. The number of hydrogen-bond donors (Lipinski definition) is 1. The zero-order valence-corrected chi connectivity index (χ0v) is 11.1. The first-order chi connectivity index (χ1) is 9.20. The van der Waals surface area contributed by atoms with Crippen LogP contribution in [-0.4, -0.2) is 38.0 Å². The Bertz CT molecular complexity index is 520. The average Bonchev–Trinajstić information content (AvgIpc) is 2.94. The molecule has 0 aliphatic carbocycles. The number of aryl methyl sites for hydroxylation is 1. The second-order valence-electron chi connectivity index (χ2n) is 4.45. The SMILES string of the molecule is CCCN(Cc1ccc(C)cc1)C(=O)c1nn[nH]n1. The summed E-state index contributed by atoms with van der Waals surface area (Å²) >= 11 is 0. The van der Waals surface area contributed by atoms with Crippen LogP contribution in [0.15, 0.2) is 24.3 Å². The van der Waals surface area contributed by atoms with Crippen molar-refractivity contribution in [2.24, 2.45) is 0 Å². The number of hydrogen-bond acceptors (Lipinski definition) is 4. The minimum absolute atomic E-state index is 0.112. The zero-order chi connectivity index (χ0) is 13.7. The summed E-state index contributed by atoms with van der Waals surface area (Å²) in [7, 11) is 0. The van der Waals surface area contributed by atoms with Gasteiger partial charge in [0, 0.05) is 13.1 Å². The number of H-pyrrole nitrogens is 1. The number of nitrogens with zero attached hydrogens (tertiary/aromatic N) is 4. The van der Waals surface area contributed by atoms with Gasteiger partial charge < -0.3 is 4.90 Å². The van der Waals surface area contributed by atoms with Crippen molar-refractivity contribution in [1.82, 2.24) is 25.5 Å². The van der Waals surface area contributed by atoms with E-state index in [0.29, 0.717) is 13.1 Å². The minimum atomic E-state index is -0.198. The molecule has 0 aliphatic heterocycles. The second kappa shape index (κ2) is 6.08. The number of nitrogens with one attached hydrogen (secondary N) is 1. The zero-order valence-electron chi connectivity index (χ0n) is 11.1. The van der Waals surface area contributed by atoms with Crippen LogP contribution in [0, 0.1) is 6.92 Å². The van der Waals surface area contributed by atoms with E-state index in [1.807, 2.05) is 38.1 Å². The van der Waals surface area contributed by atoms with Crippen LogP contribution < -0.4 is 0 Å². The summed E-state index contributed by atoms with van der Waals surface area (Å²) in [5.41, 5.74) is 2.30. The summed E-state index contributed by atoms with van der Waals surface area (Å²) in [6, 6.07) is 8.14. The van der Waals surface area contributed by atoms with E-state index >= 15 is 0 Å². The van der Waals surface area contributed by atoms with Crippen molar-refractivity contribution < 1.29 is 4.79 Å². The third-order valence-corrected chi connectivity index (χ3v) is 2.81. The molecule has 1 N–H and O–H groups in total. The number of carbonyl (C=O) groups is 1. The van der Waals surface area contributed by atoms with Crippen LogP contribution >= 0.6 is 0 Å². The van der Waals surface area contributed by atoms with Gasteiger partial charge in [0.1, 0.15) is 0 Å². The van der Waals surface area contributed by atoms with Crippen molar-refractivity contribution in [2.75, 3.05) is 6.54 Å². The van der Waals surface area contributed by atoms with E-state index in [4.69, 9.17) is 0 Å². The van der Waals surface area contributed by atoms with Gasteiger partial charge in [-0.25, -0.2) is 0 Å². The van der Waals surface area contributed by atoms with Crippen LogP contribution in [0.25, 0.3) is 0 Å². The third kappa shape index (κ3) is 3.37. The third-order valence-electron chi connectivity index (χ3n) is 2.81. The van der Waals surface area contributed by atoms with Gasteiger partial charge in [0.2, 0.25) is 0 Å². The van der Waals surface area contributed by atoms with Crippen LogP contribution in [0.2, 0.25) is 0 Å². The summed E-state index contributed by atoms with van der Waals surface area (Å²) in [5, 5.41) is 13.2. The lowest BCUT2D eigenvalue weighted by atomic mass is 10.1. The molecule has 6 nitrogen and oxygen atoms in total. The molecule has 0 fully saturated rings. The highest BCUT2D eigenvalue weighted by Gasteiger charge is 2.19. The van der Waals surface area contributed by atoms with Crippen molar-refractivity contribution >= 4 is 5.91 Å². The minimum Gasteiger partial charge on any atom is -0.331 e. The molecule has 1 amide bonds. The van der Waals surface area contributed by atoms with Gasteiger partial charge in [0.05, 0.1) is 0 Å². The molecule has 1 heterocycles. The Hall–Kier alpha value is -2.24. The molecule has 1 aromatic heterocycles. The molecule has 0 saturated carbocycles. The number of aromatic nitrogens is 4. The number of benzene rings is 1. The summed E-state index contributed by atoms with van der Waals surface area (Å²) in [6.45, 7) is 5.30. The average molecular weight is 259 g/mol. The number of amides is 1. The summed E-state index contributed by atoms with van der Waals surface area (Å²) in [6.07, 6.45) is 0.884. The van der Waals surface area contributed by atoms with E-state index in [9.17, 15) is 4.79 Å². The maximum atomic E-state index is 12.2. The van der Waals surface area contributed by atoms with Gasteiger partial charge in [-0.05, 0) is 24.1 Å².